The standard InChI is InChI=1S/CCl2.2Na.H4O7P2/c2-1-3;;;1-8(2,3)7-9(4,5)6/h;;;(H2,1,2,3)(H2,4,5,6). The fourth-order valence-electron chi connectivity index (χ4n) is 0.139. The molecule has 0 aliphatic carbocycles. The van der Waals surface area contributed by atoms with Crippen LogP contribution >= 0.6 is 38.8 Å². The Morgan fingerprint density at radius 1 is 1.00 bits per heavy atom. The molecule has 0 saturated carbocycles. The van der Waals surface area contributed by atoms with Crippen molar-refractivity contribution in [2.24, 2.45) is 0 Å². The number of alkyl halides is 2. The van der Waals surface area contributed by atoms with Gasteiger partial charge in [0.25, 0.3) is 0 Å². The fraction of sp³-hybridized carbons (Fsp3) is 1.00. The second kappa shape index (κ2) is 7.31. The van der Waals surface area contributed by atoms with E-state index in [2.05, 4.69) is 4.31 Å². The molecule has 4 N–H and O–H groups in total. The summed E-state index contributed by atoms with van der Waals surface area (Å²) in [6.45, 7) is 0. The van der Waals surface area contributed by atoms with Gasteiger partial charge in [-0.05, 0) is 0 Å². The van der Waals surface area contributed by atoms with Crippen LogP contribution in [0, 0.1) is 0 Å². The van der Waals surface area contributed by atoms with Gasteiger partial charge in [0.1, 0.15) is 0 Å². The average Bonchev–Trinajstić information content (AvgIpc) is 1.42. The van der Waals surface area contributed by atoms with Gasteiger partial charge in [0.2, 0.25) is 0 Å². The molecule has 0 bridgehead atoms. The van der Waals surface area contributed by atoms with Crippen molar-refractivity contribution in [1.29, 1.82) is 0 Å². The zero-order valence-corrected chi connectivity index (χ0v) is 14.5. The summed E-state index contributed by atoms with van der Waals surface area (Å²) in [6.07, 6.45) is 0. The maximum atomic E-state index is 9.63. The van der Waals surface area contributed by atoms with Crippen LogP contribution in [0.3, 0.4) is 0 Å². The Kier molecular flexibility index (Phi) is 10.0. The topological polar surface area (TPSA) is 124 Å². The van der Waals surface area contributed by atoms with E-state index in [9.17, 15) is 9.13 Å². The van der Waals surface area contributed by atoms with Gasteiger partial charge in [-0.15, -0.1) is 0 Å². The summed E-state index contributed by atoms with van der Waals surface area (Å²) in [7, 11) is -10.1. The van der Waals surface area contributed by atoms with E-state index >= 15 is 0 Å². The van der Waals surface area contributed by atoms with Gasteiger partial charge in [-0.1, -0.05) is 0 Å². The van der Waals surface area contributed by atoms with Crippen LogP contribution in [0.1, 0.15) is 0 Å². The third-order valence-electron chi connectivity index (χ3n) is 0.213. The molecule has 76 valence electrons. The Morgan fingerprint density at radius 3 is 1.14 bits per heavy atom. The second-order valence-electron chi connectivity index (χ2n) is 2.39. The first-order valence-corrected chi connectivity index (χ1v) is 8.72. The Morgan fingerprint density at radius 2 is 1.14 bits per heavy atom. The minimum absolute atomic E-state index is 0.278. The van der Waals surface area contributed by atoms with E-state index in [0.29, 0.717) is 0 Å². The minimum atomic E-state index is -5.05. The Balaban J connectivity index is 0. The number of phosphoric acid groups is 2. The maximum absolute atomic E-state index is 9.63. The molecule has 0 fully saturated rings. The molecular formula is CH4Cl2Na2O7P2. The summed E-state index contributed by atoms with van der Waals surface area (Å²) in [5.74, 6) is 0. The van der Waals surface area contributed by atoms with Crippen LogP contribution in [0.4, 0.5) is 0 Å². The number of halogens is 2. The molecule has 0 aromatic rings. The molecule has 0 atom stereocenters. The molecule has 0 aliphatic rings. The Hall–Kier alpha value is 2.84. The molecule has 0 saturated heterocycles. The van der Waals surface area contributed by atoms with Gasteiger partial charge in [0.15, 0.2) is 0 Å². The van der Waals surface area contributed by atoms with E-state index in [4.69, 9.17) is 42.8 Å². The zero-order valence-electron chi connectivity index (χ0n) is 7.16. The number of hydrogen-bond acceptors (Lipinski definition) is 3. The second-order valence-corrected chi connectivity index (χ2v) is 15.6. The monoisotopic (exact) mass is 306 g/mol. The Labute approximate surface area is 125 Å². The molecule has 0 aliphatic heterocycles. The van der Waals surface area contributed by atoms with E-state index in [1.807, 2.05) is 0 Å². The van der Waals surface area contributed by atoms with E-state index in [-0.39, 0.29) is -1.17 Å². The van der Waals surface area contributed by atoms with Crippen LogP contribution in [0.5, 0.6) is 0 Å². The van der Waals surface area contributed by atoms with Gasteiger partial charge in [-0.25, -0.2) is 9.13 Å². The molecule has 0 aromatic carbocycles. The van der Waals surface area contributed by atoms with Gasteiger partial charge in [-0.3, -0.25) is 0 Å². The molecule has 13 heteroatoms. The van der Waals surface area contributed by atoms with Crippen LogP contribution < -0.4 is 0 Å². The van der Waals surface area contributed by atoms with Gasteiger partial charge in [-0.2, -0.15) is 4.31 Å². The third-order valence-corrected chi connectivity index (χ3v) is 1.91. The number of rotatable bonds is 2. The molecule has 0 spiro atoms. The molecule has 0 aromatic heterocycles. The summed E-state index contributed by atoms with van der Waals surface area (Å²) in [6, 6.07) is 0. The molecule has 0 heterocycles. The SMILES string of the molecule is O=P(O)(O)OP(=O)(O)O.[Na][C]([Na])(Cl)Cl. The van der Waals surface area contributed by atoms with Crippen molar-refractivity contribution < 1.29 is 33.0 Å². The summed E-state index contributed by atoms with van der Waals surface area (Å²) in [5, 5.41) is 0. The predicted octanol–water partition coefficient (Wildman–Crippen LogP) is -0.399. The van der Waals surface area contributed by atoms with E-state index in [1.54, 1.807) is 0 Å². The van der Waals surface area contributed by atoms with Gasteiger partial charge in [0, 0.05) is 0 Å². The first kappa shape index (κ1) is 19.2. The first-order valence-electron chi connectivity index (χ1n) is 2.91. The molecule has 14 heavy (non-hydrogen) atoms. The van der Waals surface area contributed by atoms with Crippen molar-refractivity contribution in [3.05, 3.63) is 0 Å². The van der Waals surface area contributed by atoms with E-state index < -0.39 is 15.6 Å². The van der Waals surface area contributed by atoms with Crippen LogP contribution in [0.15, 0.2) is 0 Å². The molecule has 0 radical (unpaired) electrons. The van der Waals surface area contributed by atoms with Crippen LogP contribution in [-0.4, -0.2) is 74.3 Å². The van der Waals surface area contributed by atoms with Gasteiger partial charge < -0.3 is 19.6 Å². The van der Waals surface area contributed by atoms with Crippen molar-refractivity contribution in [1.82, 2.24) is 0 Å². The van der Waals surface area contributed by atoms with Crippen molar-refractivity contribution in [2.75, 3.05) is 0 Å². The van der Waals surface area contributed by atoms with Crippen molar-refractivity contribution in [3.63, 3.8) is 0 Å². The van der Waals surface area contributed by atoms with E-state index in [0.717, 1.165) is 55.9 Å². The summed E-state index contributed by atoms with van der Waals surface area (Å²) in [5.41, 5.74) is 0. The normalized spacial score (nSPS) is 13.3. The molecular weight excluding hydrogens is 303 g/mol. The Bertz CT molecular complexity index is 225. The van der Waals surface area contributed by atoms with Crippen LogP contribution in [0.2, 0.25) is 0 Å². The van der Waals surface area contributed by atoms with Crippen molar-refractivity contribution in [2.45, 2.75) is -1.17 Å². The first-order chi connectivity index (χ1) is 5.71. The average molecular weight is 307 g/mol. The fourth-order valence-corrected chi connectivity index (χ4v) is 1.25. The van der Waals surface area contributed by atoms with Gasteiger partial charge in [0.05, 0.1) is 0 Å². The summed E-state index contributed by atoms with van der Waals surface area (Å²) >= 11 is 12.6. The number of hydrogen-bond donors (Lipinski definition) is 4. The predicted molar refractivity (Wildman–Crippen MR) is 51.1 cm³/mol. The van der Waals surface area contributed by atoms with Crippen molar-refractivity contribution >= 4 is 94.7 Å². The van der Waals surface area contributed by atoms with Crippen molar-refractivity contribution in [3.8, 4) is 0 Å². The molecule has 0 unspecified atom stereocenters. The quantitative estimate of drug-likeness (QED) is 0.311. The molecule has 0 amide bonds. The molecule has 0 rings (SSSR count). The van der Waals surface area contributed by atoms with Crippen LogP contribution in [0.25, 0.3) is 0 Å². The zero-order chi connectivity index (χ0) is 12.2. The van der Waals surface area contributed by atoms with Crippen LogP contribution in [-0.2, 0) is 13.4 Å². The third kappa shape index (κ3) is 36.4. The summed E-state index contributed by atoms with van der Waals surface area (Å²) in [4.78, 5) is 31.0. The summed E-state index contributed by atoms with van der Waals surface area (Å²) < 4.78 is 21.9. The van der Waals surface area contributed by atoms with Gasteiger partial charge >= 0.3 is 93.5 Å². The van der Waals surface area contributed by atoms with E-state index in [1.165, 1.54) is 0 Å². The molecule has 7 nitrogen and oxygen atoms in total.